The zero-order chi connectivity index (χ0) is 12.3. The van der Waals surface area contributed by atoms with E-state index in [2.05, 4.69) is 15.3 Å². The summed E-state index contributed by atoms with van der Waals surface area (Å²) in [4.78, 5) is 8.81. The van der Waals surface area contributed by atoms with Crippen molar-refractivity contribution in [3.8, 4) is 0 Å². The lowest BCUT2D eigenvalue weighted by Gasteiger charge is -2.11. The zero-order valence-corrected chi connectivity index (χ0v) is 10.9. The van der Waals surface area contributed by atoms with Crippen molar-refractivity contribution in [1.29, 1.82) is 0 Å². The van der Waals surface area contributed by atoms with Gasteiger partial charge in [-0.25, -0.2) is 9.97 Å². The molecule has 2 aromatic rings. The summed E-state index contributed by atoms with van der Waals surface area (Å²) in [6, 6.07) is 1.89. The zero-order valence-electron chi connectivity index (χ0n) is 9.30. The molecule has 0 radical (unpaired) electrons. The second-order valence-electron chi connectivity index (χ2n) is 3.50. The van der Waals surface area contributed by atoms with Gasteiger partial charge in [-0.15, -0.1) is 11.3 Å². The molecule has 2 rings (SSSR count). The normalized spacial score (nSPS) is 10.2. The van der Waals surface area contributed by atoms with Gasteiger partial charge in [0.05, 0.1) is 12.1 Å². The third-order valence-corrected chi connectivity index (χ3v) is 3.28. The van der Waals surface area contributed by atoms with Gasteiger partial charge >= 0.3 is 0 Å². The van der Waals surface area contributed by atoms with E-state index in [-0.39, 0.29) is 0 Å². The van der Waals surface area contributed by atoms with E-state index in [0.717, 1.165) is 16.1 Å². The molecule has 0 aromatic carbocycles. The van der Waals surface area contributed by atoms with Gasteiger partial charge in [0.1, 0.15) is 15.8 Å². The molecule has 3 N–H and O–H groups in total. The molecule has 17 heavy (non-hydrogen) atoms. The molecule has 0 saturated heterocycles. The topological polar surface area (TPSA) is 63.8 Å². The van der Waals surface area contributed by atoms with Crippen molar-refractivity contribution in [1.82, 2.24) is 9.97 Å². The molecular weight excluding hydrogens is 252 g/mol. The van der Waals surface area contributed by atoms with Crippen LogP contribution < -0.4 is 11.1 Å². The van der Waals surface area contributed by atoms with Crippen LogP contribution in [0.1, 0.15) is 16.1 Å². The fourth-order valence-corrected chi connectivity index (χ4v) is 2.32. The molecule has 0 amide bonds. The van der Waals surface area contributed by atoms with Crippen LogP contribution in [0.2, 0.25) is 0 Å². The van der Waals surface area contributed by atoms with Gasteiger partial charge in [0.2, 0.25) is 0 Å². The minimum Gasteiger partial charge on any atom is -0.389 e. The number of anilines is 1. The fourth-order valence-electron chi connectivity index (χ4n) is 1.50. The summed E-state index contributed by atoms with van der Waals surface area (Å²) in [5.41, 5.74) is 7.53. The summed E-state index contributed by atoms with van der Waals surface area (Å²) >= 11 is 6.63. The molecule has 0 unspecified atom stereocenters. The first-order chi connectivity index (χ1) is 8.18. The van der Waals surface area contributed by atoms with Crippen LogP contribution in [0.5, 0.6) is 0 Å². The first kappa shape index (κ1) is 11.9. The maximum atomic E-state index is 5.70. The van der Waals surface area contributed by atoms with Gasteiger partial charge in [0, 0.05) is 17.8 Å². The SMILES string of the molecule is Cc1ccnc(NCc2nccs2)c1C(N)=S. The quantitative estimate of drug-likeness (QED) is 0.828. The third kappa shape index (κ3) is 2.78. The molecule has 2 aromatic heterocycles. The van der Waals surface area contributed by atoms with E-state index in [0.29, 0.717) is 17.4 Å². The Balaban J connectivity index is 2.21. The molecule has 2 heterocycles. The number of aryl methyl sites for hydroxylation is 1. The molecule has 0 bridgehead atoms. The largest absolute Gasteiger partial charge is 0.389 e. The average Bonchev–Trinajstić information content (AvgIpc) is 2.78. The number of thiazole rings is 1. The minimum absolute atomic E-state index is 0.359. The highest BCUT2D eigenvalue weighted by Gasteiger charge is 2.09. The Kier molecular flexibility index (Phi) is 3.65. The monoisotopic (exact) mass is 264 g/mol. The molecular formula is C11H12N4S2. The van der Waals surface area contributed by atoms with Crippen LogP contribution in [0.4, 0.5) is 5.82 Å². The lowest BCUT2D eigenvalue weighted by atomic mass is 10.1. The maximum absolute atomic E-state index is 5.70. The highest BCUT2D eigenvalue weighted by Crippen LogP contribution is 2.17. The second-order valence-corrected chi connectivity index (χ2v) is 4.91. The number of rotatable bonds is 4. The van der Waals surface area contributed by atoms with Gasteiger partial charge in [0.25, 0.3) is 0 Å². The second kappa shape index (κ2) is 5.20. The molecule has 0 aliphatic carbocycles. The Morgan fingerprint density at radius 1 is 1.47 bits per heavy atom. The van der Waals surface area contributed by atoms with Gasteiger partial charge < -0.3 is 11.1 Å². The number of nitrogens with zero attached hydrogens (tertiary/aromatic N) is 2. The highest BCUT2D eigenvalue weighted by atomic mass is 32.1. The summed E-state index contributed by atoms with van der Waals surface area (Å²) < 4.78 is 0. The molecule has 88 valence electrons. The van der Waals surface area contributed by atoms with Crippen LogP contribution in [-0.2, 0) is 6.54 Å². The standard InChI is InChI=1S/C11H12N4S2/c1-7-2-3-14-11(9(7)10(12)16)15-6-8-13-4-5-17-8/h2-5H,6H2,1H3,(H2,12,16)(H,14,15). The number of thiocarbonyl (C=S) groups is 1. The maximum Gasteiger partial charge on any atom is 0.136 e. The summed E-state index contributed by atoms with van der Waals surface area (Å²) in [7, 11) is 0. The van der Waals surface area contributed by atoms with Crippen molar-refractivity contribution < 1.29 is 0 Å². The Morgan fingerprint density at radius 2 is 2.29 bits per heavy atom. The van der Waals surface area contributed by atoms with E-state index in [1.165, 1.54) is 0 Å². The number of nitrogens with one attached hydrogen (secondary N) is 1. The van der Waals surface area contributed by atoms with Crippen LogP contribution in [0.25, 0.3) is 0 Å². The Labute approximate surface area is 109 Å². The number of hydrogen-bond acceptors (Lipinski definition) is 5. The molecule has 4 nitrogen and oxygen atoms in total. The molecule has 0 saturated carbocycles. The highest BCUT2D eigenvalue weighted by molar-refractivity contribution is 7.80. The lowest BCUT2D eigenvalue weighted by molar-refractivity contribution is 1.07. The molecule has 6 heteroatoms. The third-order valence-electron chi connectivity index (χ3n) is 2.30. The Bertz CT molecular complexity index is 522. The number of nitrogens with two attached hydrogens (primary N) is 1. The average molecular weight is 264 g/mol. The van der Waals surface area contributed by atoms with Crippen LogP contribution in [0.15, 0.2) is 23.8 Å². The number of aromatic nitrogens is 2. The van der Waals surface area contributed by atoms with Crippen molar-refractivity contribution >= 4 is 34.4 Å². The minimum atomic E-state index is 0.359. The molecule has 0 atom stereocenters. The number of pyridine rings is 1. The van der Waals surface area contributed by atoms with Gasteiger partial charge in [-0.3, -0.25) is 0 Å². The van der Waals surface area contributed by atoms with Crippen LogP contribution in [0, 0.1) is 6.92 Å². The van der Waals surface area contributed by atoms with E-state index in [9.17, 15) is 0 Å². The van der Waals surface area contributed by atoms with Gasteiger partial charge in [-0.1, -0.05) is 12.2 Å². The van der Waals surface area contributed by atoms with E-state index < -0.39 is 0 Å². The van der Waals surface area contributed by atoms with E-state index in [1.807, 2.05) is 18.4 Å². The molecule has 0 aliphatic rings. The van der Waals surface area contributed by atoms with E-state index in [1.54, 1.807) is 23.7 Å². The molecule has 0 aliphatic heterocycles. The predicted octanol–water partition coefficient (Wildman–Crippen LogP) is 2.09. The van der Waals surface area contributed by atoms with Crippen LogP contribution in [-0.4, -0.2) is 15.0 Å². The lowest BCUT2D eigenvalue weighted by Crippen LogP contribution is -2.16. The summed E-state index contributed by atoms with van der Waals surface area (Å²) in [5.74, 6) is 0.715. The van der Waals surface area contributed by atoms with Crippen LogP contribution in [0.3, 0.4) is 0 Å². The predicted molar refractivity (Wildman–Crippen MR) is 74.3 cm³/mol. The molecule has 0 fully saturated rings. The fraction of sp³-hybridized carbons (Fsp3) is 0.182. The Morgan fingerprint density at radius 3 is 2.94 bits per heavy atom. The smallest absolute Gasteiger partial charge is 0.136 e. The van der Waals surface area contributed by atoms with Gasteiger partial charge in [0.15, 0.2) is 0 Å². The summed E-state index contributed by atoms with van der Waals surface area (Å²) in [6.45, 7) is 2.59. The van der Waals surface area contributed by atoms with E-state index >= 15 is 0 Å². The van der Waals surface area contributed by atoms with Crippen molar-refractivity contribution in [2.45, 2.75) is 13.5 Å². The first-order valence-electron chi connectivity index (χ1n) is 5.06. The van der Waals surface area contributed by atoms with E-state index in [4.69, 9.17) is 18.0 Å². The van der Waals surface area contributed by atoms with Crippen molar-refractivity contribution in [3.63, 3.8) is 0 Å². The van der Waals surface area contributed by atoms with Crippen molar-refractivity contribution in [3.05, 3.63) is 40.0 Å². The van der Waals surface area contributed by atoms with Crippen molar-refractivity contribution in [2.75, 3.05) is 5.32 Å². The Hall–Kier alpha value is -1.53. The van der Waals surface area contributed by atoms with Gasteiger partial charge in [-0.2, -0.15) is 0 Å². The molecule has 0 spiro atoms. The summed E-state index contributed by atoms with van der Waals surface area (Å²) in [6.07, 6.45) is 3.51. The van der Waals surface area contributed by atoms with Gasteiger partial charge in [-0.05, 0) is 18.6 Å². The first-order valence-corrected chi connectivity index (χ1v) is 6.35. The van der Waals surface area contributed by atoms with Crippen molar-refractivity contribution in [2.24, 2.45) is 5.73 Å². The number of hydrogen-bond donors (Lipinski definition) is 2. The summed E-state index contributed by atoms with van der Waals surface area (Å²) in [5, 5.41) is 6.15. The van der Waals surface area contributed by atoms with Crippen LogP contribution >= 0.6 is 23.6 Å².